The van der Waals surface area contributed by atoms with E-state index in [9.17, 15) is 9.90 Å². The number of aromatic hydroxyl groups is 1. The Hall–Kier alpha value is -3.21. The van der Waals surface area contributed by atoms with Gasteiger partial charge in [0.05, 0.1) is 11.3 Å². The van der Waals surface area contributed by atoms with Crippen LogP contribution in [0.25, 0.3) is 11.4 Å². The van der Waals surface area contributed by atoms with Crippen molar-refractivity contribution in [3.63, 3.8) is 0 Å². The Bertz CT molecular complexity index is 1110. The summed E-state index contributed by atoms with van der Waals surface area (Å²) in [6.07, 6.45) is 8.77. The highest BCUT2D eigenvalue weighted by Crippen LogP contribution is 2.33. The van der Waals surface area contributed by atoms with E-state index in [1.807, 2.05) is 12.3 Å². The van der Waals surface area contributed by atoms with E-state index in [1.54, 1.807) is 12.1 Å². The minimum atomic E-state index is -0.636. The molecule has 0 radical (unpaired) electrons. The summed E-state index contributed by atoms with van der Waals surface area (Å²) in [5, 5.41) is 10.3. The summed E-state index contributed by atoms with van der Waals surface area (Å²) in [4.78, 5) is 21.6. The summed E-state index contributed by atoms with van der Waals surface area (Å²) in [5.41, 5.74) is 12.2. The molecule has 3 rings (SSSR count). The molecule has 3 aromatic rings. The molecule has 0 aliphatic rings. The summed E-state index contributed by atoms with van der Waals surface area (Å²) in [7, 11) is 0. The van der Waals surface area contributed by atoms with E-state index in [1.165, 1.54) is 16.7 Å². The molecule has 1 amide bonds. The van der Waals surface area contributed by atoms with Crippen molar-refractivity contribution in [2.45, 2.75) is 78.6 Å². The number of benzene rings is 2. The van der Waals surface area contributed by atoms with Crippen molar-refractivity contribution >= 4 is 5.91 Å². The van der Waals surface area contributed by atoms with Crippen molar-refractivity contribution in [2.24, 2.45) is 5.73 Å². The Balaban J connectivity index is 2.15. The van der Waals surface area contributed by atoms with Crippen LogP contribution in [0.2, 0.25) is 0 Å². The van der Waals surface area contributed by atoms with Crippen LogP contribution in [-0.4, -0.2) is 21.0 Å². The minimum Gasteiger partial charge on any atom is -0.507 e. The zero-order chi connectivity index (χ0) is 24.7. The van der Waals surface area contributed by atoms with Gasteiger partial charge in [-0.2, -0.15) is 0 Å². The molecule has 1 heterocycles. The number of phenols is 1. The van der Waals surface area contributed by atoms with Gasteiger partial charge in [-0.05, 0) is 66.0 Å². The first-order chi connectivity index (χ1) is 16.4. The molecule has 0 saturated carbocycles. The maximum absolute atomic E-state index is 11.5. The van der Waals surface area contributed by atoms with Gasteiger partial charge in [0, 0.05) is 18.2 Å². The smallest absolute Gasteiger partial charge is 0.252 e. The molecule has 180 valence electrons. The molecule has 0 fully saturated rings. The van der Waals surface area contributed by atoms with E-state index in [0.717, 1.165) is 61.2 Å². The van der Waals surface area contributed by atoms with Crippen molar-refractivity contribution in [1.29, 1.82) is 0 Å². The predicted molar refractivity (Wildman–Crippen MR) is 138 cm³/mol. The molecule has 0 unspecified atom stereocenters. The van der Waals surface area contributed by atoms with Crippen LogP contribution in [0, 0.1) is 0 Å². The molecule has 0 aliphatic heterocycles. The predicted octanol–water partition coefficient (Wildman–Crippen LogP) is 6.35. The van der Waals surface area contributed by atoms with Gasteiger partial charge in [0.2, 0.25) is 0 Å². The fourth-order valence-electron chi connectivity index (χ4n) is 4.80. The maximum Gasteiger partial charge on any atom is 0.252 e. The zero-order valence-corrected chi connectivity index (χ0v) is 20.9. The van der Waals surface area contributed by atoms with Gasteiger partial charge in [0.25, 0.3) is 5.91 Å². The van der Waals surface area contributed by atoms with Crippen molar-refractivity contribution < 1.29 is 9.90 Å². The van der Waals surface area contributed by atoms with Gasteiger partial charge in [-0.3, -0.25) is 4.79 Å². The molecule has 5 nitrogen and oxygen atoms in total. The number of amides is 1. The lowest BCUT2D eigenvalue weighted by Crippen LogP contribution is -2.12. The number of rotatable bonds is 11. The first kappa shape index (κ1) is 25.4. The van der Waals surface area contributed by atoms with Crippen LogP contribution in [-0.2, 0) is 19.3 Å². The second-order valence-corrected chi connectivity index (χ2v) is 8.92. The molecular weight excluding hydrogens is 422 g/mol. The average Bonchev–Trinajstić information content (AvgIpc) is 2.83. The topological polar surface area (TPSA) is 89.1 Å². The number of carbonyl (C=O) groups excluding carboxylic acids is 1. The summed E-state index contributed by atoms with van der Waals surface area (Å²) < 4.78 is 0. The van der Waals surface area contributed by atoms with E-state index < -0.39 is 5.91 Å². The Kier molecular flexibility index (Phi) is 8.80. The highest BCUT2D eigenvalue weighted by molar-refractivity contribution is 5.95. The summed E-state index contributed by atoms with van der Waals surface area (Å²) in [6.45, 7) is 8.75. The van der Waals surface area contributed by atoms with E-state index in [2.05, 4.69) is 45.9 Å². The van der Waals surface area contributed by atoms with Crippen LogP contribution in [0.1, 0.15) is 97.6 Å². The second kappa shape index (κ2) is 11.8. The minimum absolute atomic E-state index is 0.0934. The molecule has 0 atom stereocenters. The highest BCUT2D eigenvalue weighted by atomic mass is 16.3. The zero-order valence-electron chi connectivity index (χ0n) is 20.9. The van der Waals surface area contributed by atoms with Gasteiger partial charge in [-0.15, -0.1) is 0 Å². The molecule has 2 aromatic carbocycles. The first-order valence-corrected chi connectivity index (χ1v) is 12.5. The van der Waals surface area contributed by atoms with Gasteiger partial charge in [-0.1, -0.05) is 64.8 Å². The molecule has 3 N–H and O–H groups in total. The number of primary amides is 1. The molecule has 0 bridgehead atoms. The van der Waals surface area contributed by atoms with Gasteiger partial charge < -0.3 is 10.8 Å². The third kappa shape index (κ3) is 5.64. The lowest BCUT2D eigenvalue weighted by atomic mass is 9.88. The standard InChI is InChI=1S/C29H37N3O2/c1-5-10-22(11-6-2)24-18-31-29(27-20(7-3)12-9-13-21(27)8-4)32-25(24)16-19-14-15-23(28(30)34)26(33)17-19/h9,12-15,17-18,22,33H,5-8,10-11,16H2,1-4H3,(H2,30,34). The van der Waals surface area contributed by atoms with Crippen molar-refractivity contribution in [3.8, 4) is 17.1 Å². The fraction of sp³-hybridized carbons (Fsp3) is 0.414. The van der Waals surface area contributed by atoms with Crippen LogP contribution < -0.4 is 5.73 Å². The molecule has 0 aliphatic carbocycles. The molecule has 34 heavy (non-hydrogen) atoms. The van der Waals surface area contributed by atoms with E-state index in [-0.39, 0.29) is 11.3 Å². The maximum atomic E-state index is 11.5. The fourth-order valence-corrected chi connectivity index (χ4v) is 4.80. The van der Waals surface area contributed by atoms with Crippen LogP contribution in [0.5, 0.6) is 5.75 Å². The summed E-state index contributed by atoms with van der Waals surface area (Å²) >= 11 is 0. The number of nitrogens with zero attached hydrogens (tertiary/aromatic N) is 2. The summed E-state index contributed by atoms with van der Waals surface area (Å²) in [6, 6.07) is 11.5. The molecule has 1 aromatic heterocycles. The Morgan fingerprint density at radius 2 is 1.65 bits per heavy atom. The molecule has 5 heteroatoms. The second-order valence-electron chi connectivity index (χ2n) is 8.92. The average molecular weight is 460 g/mol. The molecule has 0 saturated heterocycles. The van der Waals surface area contributed by atoms with Crippen molar-refractivity contribution in [3.05, 3.63) is 76.1 Å². The van der Waals surface area contributed by atoms with Crippen molar-refractivity contribution in [2.75, 3.05) is 0 Å². The third-order valence-corrected chi connectivity index (χ3v) is 6.54. The van der Waals surface area contributed by atoms with E-state index >= 15 is 0 Å². The normalized spacial score (nSPS) is 11.2. The van der Waals surface area contributed by atoms with E-state index in [4.69, 9.17) is 15.7 Å². The lowest BCUT2D eigenvalue weighted by Gasteiger charge is -2.21. The largest absolute Gasteiger partial charge is 0.507 e. The number of hydrogen-bond acceptors (Lipinski definition) is 4. The molecular formula is C29H37N3O2. The van der Waals surface area contributed by atoms with Crippen LogP contribution >= 0.6 is 0 Å². The summed E-state index contributed by atoms with van der Waals surface area (Å²) in [5.74, 6) is 0.426. The number of hydrogen-bond donors (Lipinski definition) is 2. The van der Waals surface area contributed by atoms with Crippen molar-refractivity contribution in [1.82, 2.24) is 9.97 Å². The van der Waals surface area contributed by atoms with Gasteiger partial charge in [-0.25, -0.2) is 9.97 Å². The number of nitrogens with two attached hydrogens (primary N) is 1. The van der Waals surface area contributed by atoms with E-state index in [0.29, 0.717) is 12.3 Å². The van der Waals surface area contributed by atoms with Gasteiger partial charge in [0.15, 0.2) is 5.82 Å². The number of aromatic nitrogens is 2. The quantitative estimate of drug-likeness (QED) is 0.350. The number of carbonyl (C=O) groups is 1. The van der Waals surface area contributed by atoms with Crippen LogP contribution in [0.3, 0.4) is 0 Å². The van der Waals surface area contributed by atoms with Crippen LogP contribution in [0.4, 0.5) is 0 Å². The van der Waals surface area contributed by atoms with Crippen LogP contribution in [0.15, 0.2) is 42.6 Å². The SMILES string of the molecule is CCCC(CCC)c1cnc(-c2c(CC)cccc2CC)nc1Cc1ccc(C(N)=O)c(O)c1. The highest BCUT2D eigenvalue weighted by Gasteiger charge is 2.20. The lowest BCUT2D eigenvalue weighted by molar-refractivity contribution is 0.0997. The molecule has 0 spiro atoms. The first-order valence-electron chi connectivity index (χ1n) is 12.5. The Labute approximate surface area is 203 Å². The Morgan fingerprint density at radius 3 is 2.18 bits per heavy atom. The van der Waals surface area contributed by atoms with Gasteiger partial charge >= 0.3 is 0 Å². The van der Waals surface area contributed by atoms with Gasteiger partial charge in [0.1, 0.15) is 5.75 Å². The third-order valence-electron chi connectivity index (χ3n) is 6.54. The Morgan fingerprint density at radius 1 is 1.00 bits per heavy atom. The monoisotopic (exact) mass is 459 g/mol. The number of aryl methyl sites for hydroxylation is 2.